The lowest BCUT2D eigenvalue weighted by Gasteiger charge is -2.32. The van der Waals surface area contributed by atoms with Crippen LogP contribution < -0.4 is 9.46 Å². The van der Waals surface area contributed by atoms with Crippen molar-refractivity contribution in [3.8, 4) is 5.75 Å². The van der Waals surface area contributed by atoms with Crippen molar-refractivity contribution in [1.29, 1.82) is 0 Å². The fourth-order valence-electron chi connectivity index (χ4n) is 3.47. The van der Waals surface area contributed by atoms with Gasteiger partial charge in [0.15, 0.2) is 0 Å². The van der Waals surface area contributed by atoms with Crippen LogP contribution in [0.1, 0.15) is 24.0 Å². The number of nitrogens with one attached hydrogen (secondary N) is 1. The van der Waals surface area contributed by atoms with Crippen molar-refractivity contribution in [3.63, 3.8) is 0 Å². The molecule has 0 aliphatic carbocycles. The molecule has 0 radical (unpaired) electrons. The molecule has 0 bridgehead atoms. The highest BCUT2D eigenvalue weighted by Gasteiger charge is 2.20. The molecule has 1 fully saturated rings. The molecule has 1 aromatic carbocycles. The summed E-state index contributed by atoms with van der Waals surface area (Å²) in [5.74, 6) is 1.46. The number of likely N-dealkylation sites (tertiary alicyclic amines) is 1. The number of benzene rings is 1. The minimum atomic E-state index is -3.08. The Morgan fingerprint density at radius 1 is 1.39 bits per heavy atom. The lowest BCUT2D eigenvalue weighted by atomic mass is 9.97. The largest absolute Gasteiger partial charge is 0.493 e. The zero-order valence-electron chi connectivity index (χ0n) is 13.8. The first-order valence-corrected chi connectivity index (χ1v) is 10.3. The number of sulfonamides is 1. The summed E-state index contributed by atoms with van der Waals surface area (Å²) in [7, 11) is -3.08. The second kappa shape index (κ2) is 7.20. The van der Waals surface area contributed by atoms with Crippen molar-refractivity contribution in [2.45, 2.75) is 25.7 Å². The lowest BCUT2D eigenvalue weighted by molar-refractivity contribution is 0.178. The molecule has 1 atom stereocenters. The molecule has 1 unspecified atom stereocenters. The minimum Gasteiger partial charge on any atom is -0.493 e. The van der Waals surface area contributed by atoms with Crippen LogP contribution in [0.4, 0.5) is 0 Å². The SMILES string of the molecule is CS(=O)(=O)NCC1CCCN(CCc2ccc3c(c2)CCO3)C1. The van der Waals surface area contributed by atoms with Gasteiger partial charge in [-0.1, -0.05) is 12.1 Å². The molecule has 2 heterocycles. The standard InChI is InChI=1S/C17H26N2O3S/c1-23(20,21)18-12-15-3-2-8-19(13-15)9-6-14-4-5-17-16(11-14)7-10-22-17/h4-5,11,15,18H,2-3,6-10,12-13H2,1H3. The first-order valence-electron chi connectivity index (χ1n) is 8.41. The van der Waals surface area contributed by atoms with Crippen LogP contribution in [-0.4, -0.2) is 52.4 Å². The summed E-state index contributed by atoms with van der Waals surface area (Å²) in [5, 5.41) is 0. The number of nitrogens with zero attached hydrogens (tertiary/aromatic N) is 1. The summed E-state index contributed by atoms with van der Waals surface area (Å²) in [5.41, 5.74) is 2.70. The summed E-state index contributed by atoms with van der Waals surface area (Å²) >= 11 is 0. The quantitative estimate of drug-likeness (QED) is 0.852. The van der Waals surface area contributed by atoms with Crippen LogP contribution in [0.3, 0.4) is 0 Å². The first kappa shape index (κ1) is 16.7. The third kappa shape index (κ3) is 4.93. The van der Waals surface area contributed by atoms with E-state index < -0.39 is 10.0 Å². The van der Waals surface area contributed by atoms with Gasteiger partial charge in [0.1, 0.15) is 5.75 Å². The topological polar surface area (TPSA) is 58.6 Å². The zero-order chi connectivity index (χ0) is 16.3. The molecular weight excluding hydrogens is 312 g/mol. The van der Waals surface area contributed by atoms with Gasteiger partial charge in [-0.05, 0) is 48.9 Å². The molecule has 6 heteroatoms. The van der Waals surface area contributed by atoms with Crippen LogP contribution in [0, 0.1) is 5.92 Å². The van der Waals surface area contributed by atoms with E-state index in [9.17, 15) is 8.42 Å². The highest BCUT2D eigenvalue weighted by atomic mass is 32.2. The van der Waals surface area contributed by atoms with Gasteiger partial charge in [-0.15, -0.1) is 0 Å². The van der Waals surface area contributed by atoms with Crippen molar-refractivity contribution in [3.05, 3.63) is 29.3 Å². The van der Waals surface area contributed by atoms with E-state index in [2.05, 4.69) is 27.8 Å². The van der Waals surface area contributed by atoms with Crippen molar-refractivity contribution < 1.29 is 13.2 Å². The highest BCUT2D eigenvalue weighted by molar-refractivity contribution is 7.88. The average molecular weight is 338 g/mol. The van der Waals surface area contributed by atoms with Gasteiger partial charge in [-0.25, -0.2) is 13.1 Å². The van der Waals surface area contributed by atoms with E-state index in [1.165, 1.54) is 17.4 Å². The Morgan fingerprint density at radius 3 is 3.09 bits per heavy atom. The molecule has 128 valence electrons. The molecule has 0 spiro atoms. The Hall–Kier alpha value is -1.11. The van der Waals surface area contributed by atoms with Crippen molar-refractivity contribution >= 4 is 10.0 Å². The van der Waals surface area contributed by atoms with Crippen molar-refractivity contribution in [1.82, 2.24) is 9.62 Å². The molecular formula is C17H26N2O3S. The summed E-state index contributed by atoms with van der Waals surface area (Å²) in [6.07, 6.45) is 5.54. The summed E-state index contributed by atoms with van der Waals surface area (Å²) in [6, 6.07) is 6.53. The van der Waals surface area contributed by atoms with Crippen molar-refractivity contribution in [2.75, 3.05) is 39.0 Å². The maximum absolute atomic E-state index is 11.2. The van der Waals surface area contributed by atoms with Crippen LogP contribution in [0.5, 0.6) is 5.75 Å². The number of fused-ring (bicyclic) bond motifs is 1. The third-order valence-corrected chi connectivity index (χ3v) is 5.40. The van der Waals surface area contributed by atoms with E-state index in [1.54, 1.807) is 0 Å². The normalized spacial score (nSPS) is 21.9. The van der Waals surface area contributed by atoms with Crippen LogP contribution in [0.2, 0.25) is 0 Å². The molecule has 2 aliphatic heterocycles. The maximum Gasteiger partial charge on any atom is 0.208 e. The highest BCUT2D eigenvalue weighted by Crippen LogP contribution is 2.26. The first-order chi connectivity index (χ1) is 11.0. The van der Waals surface area contributed by atoms with Gasteiger partial charge in [0.05, 0.1) is 12.9 Å². The monoisotopic (exact) mass is 338 g/mol. The summed E-state index contributed by atoms with van der Waals surface area (Å²) in [6.45, 7) is 4.50. The molecule has 23 heavy (non-hydrogen) atoms. The molecule has 0 aromatic heterocycles. The Morgan fingerprint density at radius 2 is 2.26 bits per heavy atom. The van der Waals surface area contributed by atoms with E-state index >= 15 is 0 Å². The van der Waals surface area contributed by atoms with Crippen LogP contribution in [0.15, 0.2) is 18.2 Å². The number of piperidine rings is 1. The number of hydrogen-bond donors (Lipinski definition) is 1. The van der Waals surface area contributed by atoms with E-state index in [-0.39, 0.29) is 0 Å². The Kier molecular flexibility index (Phi) is 5.24. The van der Waals surface area contributed by atoms with E-state index in [0.29, 0.717) is 12.5 Å². The predicted molar refractivity (Wildman–Crippen MR) is 91.4 cm³/mol. The lowest BCUT2D eigenvalue weighted by Crippen LogP contribution is -2.41. The summed E-state index contributed by atoms with van der Waals surface area (Å²) < 4.78 is 30.6. The Balaban J connectivity index is 1.48. The number of hydrogen-bond acceptors (Lipinski definition) is 4. The molecule has 0 saturated carbocycles. The molecule has 0 amide bonds. The van der Waals surface area contributed by atoms with Crippen LogP contribution >= 0.6 is 0 Å². The van der Waals surface area contributed by atoms with Gasteiger partial charge in [0, 0.05) is 26.1 Å². The second-order valence-corrected chi connectivity index (χ2v) is 8.55. The van der Waals surface area contributed by atoms with Gasteiger partial charge in [0.2, 0.25) is 10.0 Å². The van der Waals surface area contributed by atoms with Crippen LogP contribution in [-0.2, 0) is 22.9 Å². The Bertz CT molecular complexity index is 645. The van der Waals surface area contributed by atoms with E-state index in [4.69, 9.17) is 4.74 Å². The van der Waals surface area contributed by atoms with Gasteiger partial charge >= 0.3 is 0 Å². The smallest absolute Gasteiger partial charge is 0.208 e. The molecule has 1 aromatic rings. The fraction of sp³-hybridized carbons (Fsp3) is 0.647. The maximum atomic E-state index is 11.2. The zero-order valence-corrected chi connectivity index (χ0v) is 14.6. The minimum absolute atomic E-state index is 0.423. The molecule has 2 aliphatic rings. The third-order valence-electron chi connectivity index (χ3n) is 4.71. The fourth-order valence-corrected chi connectivity index (χ4v) is 4.01. The predicted octanol–water partition coefficient (Wildman–Crippen LogP) is 1.43. The van der Waals surface area contributed by atoms with Gasteiger partial charge < -0.3 is 9.64 Å². The van der Waals surface area contributed by atoms with Gasteiger partial charge in [0.25, 0.3) is 0 Å². The molecule has 3 rings (SSSR count). The Labute approximate surface area is 139 Å². The van der Waals surface area contributed by atoms with Gasteiger partial charge in [-0.3, -0.25) is 0 Å². The molecule has 5 nitrogen and oxygen atoms in total. The number of ether oxygens (including phenoxy) is 1. The van der Waals surface area contributed by atoms with Crippen molar-refractivity contribution in [2.24, 2.45) is 5.92 Å². The summed E-state index contributed by atoms with van der Waals surface area (Å²) in [4.78, 5) is 2.46. The number of rotatable bonds is 6. The van der Waals surface area contributed by atoms with E-state index in [1.807, 2.05) is 0 Å². The average Bonchev–Trinajstić information content (AvgIpc) is 2.98. The molecule has 1 N–H and O–H groups in total. The van der Waals surface area contributed by atoms with Gasteiger partial charge in [-0.2, -0.15) is 0 Å². The second-order valence-electron chi connectivity index (χ2n) is 6.72. The van der Waals surface area contributed by atoms with E-state index in [0.717, 1.165) is 57.7 Å². The molecule has 1 saturated heterocycles. The van der Waals surface area contributed by atoms with Crippen LogP contribution in [0.25, 0.3) is 0 Å².